The van der Waals surface area contributed by atoms with Gasteiger partial charge in [0.1, 0.15) is 0 Å². The number of hydrogen-bond acceptors (Lipinski definition) is 1. The van der Waals surface area contributed by atoms with Crippen molar-refractivity contribution in [3.05, 3.63) is 61.2 Å². The lowest BCUT2D eigenvalue weighted by molar-refractivity contribution is 0.575. The second-order valence-corrected chi connectivity index (χ2v) is 3.18. The molecule has 0 unspecified atom stereocenters. The lowest BCUT2D eigenvalue weighted by Gasteiger charge is -2.16. The Morgan fingerprint density at radius 1 is 1.14 bits per heavy atom. The van der Waals surface area contributed by atoms with Crippen molar-refractivity contribution in [1.82, 2.24) is 5.32 Å². The Hall–Kier alpha value is -1.34. The average Bonchev–Trinajstić information content (AvgIpc) is 2.25. The van der Waals surface area contributed by atoms with E-state index in [2.05, 4.69) is 42.7 Å². The van der Waals surface area contributed by atoms with Gasteiger partial charge in [0.2, 0.25) is 0 Å². The van der Waals surface area contributed by atoms with E-state index in [4.69, 9.17) is 0 Å². The van der Waals surface area contributed by atoms with E-state index in [0.29, 0.717) is 6.04 Å². The molecule has 0 fully saturated rings. The zero-order chi connectivity index (χ0) is 10.2. The fraction of sp³-hybridized carbons (Fsp3) is 0.231. The van der Waals surface area contributed by atoms with Crippen molar-refractivity contribution in [3.63, 3.8) is 0 Å². The number of benzene rings is 1. The van der Waals surface area contributed by atoms with E-state index in [1.165, 1.54) is 5.56 Å². The van der Waals surface area contributed by atoms with Crippen LogP contribution >= 0.6 is 0 Å². The van der Waals surface area contributed by atoms with Gasteiger partial charge >= 0.3 is 0 Å². The van der Waals surface area contributed by atoms with Crippen LogP contribution in [0.3, 0.4) is 0 Å². The van der Waals surface area contributed by atoms with Gasteiger partial charge in [-0.1, -0.05) is 42.5 Å². The maximum Gasteiger partial charge on any atom is 0.0357 e. The Bertz CT molecular complexity index is 277. The first-order valence-corrected chi connectivity index (χ1v) is 4.88. The third-order valence-electron chi connectivity index (χ3n) is 2.11. The molecular weight excluding hydrogens is 170 g/mol. The molecule has 1 heteroatoms. The fourth-order valence-electron chi connectivity index (χ4n) is 1.41. The minimum Gasteiger partial charge on any atom is -0.306 e. The van der Waals surface area contributed by atoms with Crippen LogP contribution in [-0.4, -0.2) is 6.54 Å². The van der Waals surface area contributed by atoms with Gasteiger partial charge in [0.05, 0.1) is 0 Å². The van der Waals surface area contributed by atoms with Crippen LogP contribution in [0.2, 0.25) is 0 Å². The third kappa shape index (κ3) is 3.19. The summed E-state index contributed by atoms with van der Waals surface area (Å²) in [4.78, 5) is 0. The van der Waals surface area contributed by atoms with Crippen LogP contribution in [0.1, 0.15) is 18.0 Å². The standard InChI is InChI=1S/C13H17N/c1-3-8-13(14-11-4-2)12-9-6-5-7-10-12/h3-7,9-10,13-14H,1-2,8,11H2/t13-/m1/s1. The lowest BCUT2D eigenvalue weighted by atomic mass is 10.0. The zero-order valence-electron chi connectivity index (χ0n) is 8.45. The van der Waals surface area contributed by atoms with Crippen molar-refractivity contribution in [2.75, 3.05) is 6.54 Å². The maximum atomic E-state index is 3.77. The molecule has 0 saturated heterocycles. The second-order valence-electron chi connectivity index (χ2n) is 3.18. The minimum absolute atomic E-state index is 0.353. The second kappa shape index (κ2) is 6.17. The van der Waals surface area contributed by atoms with Gasteiger partial charge in [-0.05, 0) is 12.0 Å². The summed E-state index contributed by atoms with van der Waals surface area (Å²) in [6.45, 7) is 8.29. The van der Waals surface area contributed by atoms with E-state index in [1.54, 1.807) is 0 Å². The minimum atomic E-state index is 0.353. The highest BCUT2D eigenvalue weighted by molar-refractivity contribution is 5.19. The number of hydrogen-bond donors (Lipinski definition) is 1. The molecule has 0 heterocycles. The molecule has 1 aromatic rings. The van der Waals surface area contributed by atoms with Crippen LogP contribution in [0.15, 0.2) is 55.6 Å². The van der Waals surface area contributed by atoms with Gasteiger partial charge in [-0.25, -0.2) is 0 Å². The Morgan fingerprint density at radius 2 is 1.86 bits per heavy atom. The van der Waals surface area contributed by atoms with Gasteiger partial charge in [0.25, 0.3) is 0 Å². The molecule has 0 spiro atoms. The van der Waals surface area contributed by atoms with Crippen molar-refractivity contribution >= 4 is 0 Å². The Labute approximate surface area is 86.2 Å². The summed E-state index contributed by atoms with van der Waals surface area (Å²) in [6.07, 6.45) is 4.75. The quantitative estimate of drug-likeness (QED) is 0.675. The van der Waals surface area contributed by atoms with Crippen LogP contribution in [0.5, 0.6) is 0 Å². The predicted octanol–water partition coefficient (Wildman–Crippen LogP) is 3.08. The van der Waals surface area contributed by atoms with Crippen molar-refractivity contribution < 1.29 is 0 Å². The smallest absolute Gasteiger partial charge is 0.0357 e. The fourth-order valence-corrected chi connectivity index (χ4v) is 1.41. The Balaban J connectivity index is 2.66. The number of nitrogens with one attached hydrogen (secondary N) is 1. The molecule has 14 heavy (non-hydrogen) atoms. The molecular formula is C13H17N. The van der Waals surface area contributed by atoms with E-state index in [-0.39, 0.29) is 0 Å². The summed E-state index contributed by atoms with van der Waals surface area (Å²) in [7, 11) is 0. The molecule has 1 N–H and O–H groups in total. The molecule has 0 aliphatic heterocycles. The summed E-state index contributed by atoms with van der Waals surface area (Å²) in [5.74, 6) is 0. The molecule has 0 radical (unpaired) electrons. The van der Waals surface area contributed by atoms with Crippen LogP contribution < -0.4 is 5.32 Å². The van der Waals surface area contributed by atoms with E-state index >= 15 is 0 Å². The van der Waals surface area contributed by atoms with Gasteiger partial charge in [-0.15, -0.1) is 13.2 Å². The normalized spacial score (nSPS) is 12.0. The molecule has 1 atom stereocenters. The molecule has 1 aromatic carbocycles. The van der Waals surface area contributed by atoms with Gasteiger partial charge in [0, 0.05) is 12.6 Å². The highest BCUT2D eigenvalue weighted by Crippen LogP contribution is 2.16. The Morgan fingerprint density at radius 3 is 2.43 bits per heavy atom. The molecule has 1 nitrogen and oxygen atoms in total. The molecule has 0 aliphatic carbocycles. The van der Waals surface area contributed by atoms with Crippen molar-refractivity contribution in [2.45, 2.75) is 12.5 Å². The summed E-state index contributed by atoms with van der Waals surface area (Å²) in [5.41, 5.74) is 1.30. The van der Waals surface area contributed by atoms with Crippen molar-refractivity contribution in [1.29, 1.82) is 0 Å². The zero-order valence-corrected chi connectivity index (χ0v) is 8.45. The predicted molar refractivity (Wildman–Crippen MR) is 62.2 cm³/mol. The molecule has 0 amide bonds. The van der Waals surface area contributed by atoms with Crippen molar-refractivity contribution in [2.24, 2.45) is 0 Å². The van der Waals surface area contributed by atoms with E-state index < -0.39 is 0 Å². The summed E-state index contributed by atoms with van der Waals surface area (Å²) >= 11 is 0. The number of rotatable bonds is 6. The topological polar surface area (TPSA) is 12.0 Å². The van der Waals surface area contributed by atoms with Crippen LogP contribution in [0, 0.1) is 0 Å². The molecule has 0 aromatic heterocycles. The summed E-state index contributed by atoms with van der Waals surface area (Å²) in [6, 6.07) is 10.8. The highest BCUT2D eigenvalue weighted by Gasteiger charge is 2.06. The van der Waals surface area contributed by atoms with E-state index in [9.17, 15) is 0 Å². The van der Waals surface area contributed by atoms with Gasteiger partial charge in [-0.3, -0.25) is 0 Å². The maximum absolute atomic E-state index is 3.77. The lowest BCUT2D eigenvalue weighted by Crippen LogP contribution is -2.20. The first-order valence-electron chi connectivity index (χ1n) is 4.88. The SMILES string of the molecule is C=CCN[C@H](CC=C)c1ccccc1. The summed E-state index contributed by atoms with van der Waals surface area (Å²) < 4.78 is 0. The highest BCUT2D eigenvalue weighted by atomic mass is 14.9. The first-order chi connectivity index (χ1) is 6.88. The van der Waals surface area contributed by atoms with Crippen molar-refractivity contribution in [3.8, 4) is 0 Å². The first kappa shape index (κ1) is 10.7. The summed E-state index contributed by atoms with van der Waals surface area (Å²) in [5, 5.41) is 3.40. The van der Waals surface area contributed by atoms with E-state index in [0.717, 1.165) is 13.0 Å². The van der Waals surface area contributed by atoms with Gasteiger partial charge in [-0.2, -0.15) is 0 Å². The molecule has 1 rings (SSSR count). The Kier molecular flexibility index (Phi) is 4.73. The van der Waals surface area contributed by atoms with Crippen LogP contribution in [0.4, 0.5) is 0 Å². The largest absolute Gasteiger partial charge is 0.306 e. The molecule has 0 aliphatic rings. The molecule has 74 valence electrons. The van der Waals surface area contributed by atoms with Gasteiger partial charge in [0.15, 0.2) is 0 Å². The van der Waals surface area contributed by atoms with Crippen LogP contribution in [0.25, 0.3) is 0 Å². The van der Waals surface area contributed by atoms with Gasteiger partial charge < -0.3 is 5.32 Å². The molecule has 0 bridgehead atoms. The van der Waals surface area contributed by atoms with Crippen LogP contribution in [-0.2, 0) is 0 Å². The van der Waals surface area contributed by atoms with E-state index in [1.807, 2.05) is 18.2 Å². The molecule has 0 saturated carbocycles. The average molecular weight is 187 g/mol. The monoisotopic (exact) mass is 187 g/mol. The third-order valence-corrected chi connectivity index (χ3v) is 2.11.